The fourth-order valence-corrected chi connectivity index (χ4v) is 3.87. The molecule has 1 aliphatic heterocycles. The zero-order valence-electron chi connectivity index (χ0n) is 19.5. The van der Waals surface area contributed by atoms with E-state index in [-0.39, 0.29) is 18.9 Å². The van der Waals surface area contributed by atoms with Crippen LogP contribution < -0.4 is 16.0 Å². The summed E-state index contributed by atoms with van der Waals surface area (Å²) in [5.41, 5.74) is 3.90. The fourth-order valence-electron chi connectivity index (χ4n) is 3.87. The molecule has 0 bridgehead atoms. The Morgan fingerprint density at radius 3 is 2.34 bits per heavy atom. The van der Waals surface area contributed by atoms with E-state index in [1.165, 1.54) is 0 Å². The highest BCUT2D eigenvalue weighted by molar-refractivity contribution is 5.92. The number of nitrogens with zero attached hydrogens (tertiary/aromatic N) is 1. The molecule has 0 aliphatic carbocycles. The average Bonchev–Trinajstić information content (AvgIpc) is 3.18. The molecule has 1 aromatic heterocycles. The Morgan fingerprint density at radius 2 is 1.69 bits per heavy atom. The van der Waals surface area contributed by atoms with E-state index in [0.717, 1.165) is 11.1 Å². The molecule has 3 amide bonds. The van der Waals surface area contributed by atoms with Gasteiger partial charge in [-0.2, -0.15) is 0 Å². The third-order valence-electron chi connectivity index (χ3n) is 5.70. The van der Waals surface area contributed by atoms with Gasteiger partial charge in [0, 0.05) is 5.69 Å². The number of carbonyl (C=O) groups is 2. The number of hydrogen-bond donors (Lipinski definition) is 4. The lowest BCUT2D eigenvalue weighted by molar-refractivity contribution is -0.120. The van der Waals surface area contributed by atoms with E-state index in [9.17, 15) is 14.7 Å². The molecule has 0 radical (unpaired) electrons. The van der Waals surface area contributed by atoms with Crippen molar-refractivity contribution in [3.8, 4) is 11.1 Å². The van der Waals surface area contributed by atoms with Crippen LogP contribution in [0, 0.1) is 13.8 Å². The molecule has 3 aromatic rings. The predicted octanol–water partition coefficient (Wildman–Crippen LogP) is 3.79. The van der Waals surface area contributed by atoms with Crippen molar-refractivity contribution in [1.29, 1.82) is 0 Å². The average molecular weight is 477 g/mol. The number of nitrogens with one attached hydrogen (secondary N) is 3. The minimum atomic E-state index is -0.696. The van der Waals surface area contributed by atoms with Gasteiger partial charge < -0.3 is 30.3 Å². The first-order valence-corrected chi connectivity index (χ1v) is 11.3. The van der Waals surface area contributed by atoms with E-state index in [0.29, 0.717) is 22.8 Å². The smallest absolute Gasteiger partial charge is 0.319 e. The number of urea groups is 1. The van der Waals surface area contributed by atoms with Crippen LogP contribution in [-0.4, -0.2) is 47.1 Å². The molecule has 9 nitrogen and oxygen atoms in total. The maximum atomic E-state index is 12.5. The molecular weight excluding hydrogens is 448 g/mol. The number of aromatic nitrogens is 1. The normalized spacial score (nSPS) is 19.2. The third kappa shape index (κ3) is 6.14. The van der Waals surface area contributed by atoms with Crippen LogP contribution in [0.25, 0.3) is 11.1 Å². The summed E-state index contributed by atoms with van der Waals surface area (Å²) in [6, 6.07) is 16.5. The van der Waals surface area contributed by atoms with Crippen LogP contribution in [0.3, 0.4) is 0 Å². The van der Waals surface area contributed by atoms with E-state index in [2.05, 4.69) is 21.1 Å². The standard InChI is InChI=1S/C26H28N4O5/c1-16-25(17(2)35-30-16)29-26(33)28-22-13-12-21(34-23(22)15-31)14-24(32)27-20-10-8-19(9-11-20)18-6-4-3-5-7-18/h3-13,21-23,31H,14-15H2,1-2H3,(H,27,32)(H2,28,29,33)/t21-,22+,23+/m1/s1. The Hall–Kier alpha value is -3.95. The van der Waals surface area contributed by atoms with Crippen molar-refractivity contribution in [2.75, 3.05) is 17.2 Å². The summed E-state index contributed by atoms with van der Waals surface area (Å²) in [6.45, 7) is 3.10. The van der Waals surface area contributed by atoms with Crippen molar-refractivity contribution < 1.29 is 24.0 Å². The third-order valence-corrected chi connectivity index (χ3v) is 5.70. The van der Waals surface area contributed by atoms with Gasteiger partial charge in [0.1, 0.15) is 17.5 Å². The predicted molar refractivity (Wildman–Crippen MR) is 132 cm³/mol. The molecule has 35 heavy (non-hydrogen) atoms. The molecule has 0 spiro atoms. The van der Waals surface area contributed by atoms with Gasteiger partial charge in [0.05, 0.1) is 25.2 Å². The van der Waals surface area contributed by atoms with Gasteiger partial charge in [0.25, 0.3) is 0 Å². The highest BCUT2D eigenvalue weighted by atomic mass is 16.5. The van der Waals surface area contributed by atoms with Crippen molar-refractivity contribution in [2.24, 2.45) is 0 Å². The number of carbonyl (C=O) groups excluding carboxylic acids is 2. The molecule has 2 heterocycles. The van der Waals surface area contributed by atoms with Gasteiger partial charge in [-0.05, 0) is 37.1 Å². The van der Waals surface area contributed by atoms with Gasteiger partial charge in [0.15, 0.2) is 5.76 Å². The summed E-state index contributed by atoms with van der Waals surface area (Å²) in [5.74, 6) is 0.277. The number of benzene rings is 2. The van der Waals surface area contributed by atoms with Crippen LogP contribution in [-0.2, 0) is 9.53 Å². The first-order chi connectivity index (χ1) is 16.9. The second-order valence-corrected chi connectivity index (χ2v) is 8.30. The zero-order valence-corrected chi connectivity index (χ0v) is 19.5. The van der Waals surface area contributed by atoms with Crippen molar-refractivity contribution in [3.05, 3.63) is 78.2 Å². The number of aryl methyl sites for hydroxylation is 2. The van der Waals surface area contributed by atoms with Gasteiger partial charge in [-0.3, -0.25) is 4.79 Å². The molecule has 0 fully saturated rings. The Bertz CT molecular complexity index is 1170. The van der Waals surface area contributed by atoms with Gasteiger partial charge in [-0.1, -0.05) is 59.8 Å². The summed E-state index contributed by atoms with van der Waals surface area (Å²) >= 11 is 0. The number of aliphatic hydroxyl groups is 1. The molecule has 4 N–H and O–H groups in total. The van der Waals surface area contributed by atoms with Gasteiger partial charge in [-0.15, -0.1) is 0 Å². The van der Waals surface area contributed by atoms with E-state index in [1.54, 1.807) is 26.0 Å². The van der Waals surface area contributed by atoms with E-state index in [4.69, 9.17) is 9.26 Å². The van der Waals surface area contributed by atoms with Crippen LogP contribution in [0.1, 0.15) is 17.9 Å². The number of ether oxygens (including phenoxy) is 1. The highest BCUT2D eigenvalue weighted by Gasteiger charge is 2.29. The topological polar surface area (TPSA) is 126 Å². The maximum Gasteiger partial charge on any atom is 0.319 e. The number of aliphatic hydroxyl groups excluding tert-OH is 1. The van der Waals surface area contributed by atoms with E-state index >= 15 is 0 Å². The maximum absolute atomic E-state index is 12.5. The quantitative estimate of drug-likeness (QED) is 0.385. The van der Waals surface area contributed by atoms with Crippen LogP contribution in [0.2, 0.25) is 0 Å². The molecule has 0 saturated heterocycles. The van der Waals surface area contributed by atoms with Crippen molar-refractivity contribution in [1.82, 2.24) is 10.5 Å². The van der Waals surface area contributed by atoms with Crippen molar-refractivity contribution >= 4 is 23.3 Å². The van der Waals surface area contributed by atoms with Gasteiger partial charge >= 0.3 is 6.03 Å². The molecule has 1 aliphatic rings. The second kappa shape index (κ2) is 11.0. The van der Waals surface area contributed by atoms with Crippen LogP contribution in [0.5, 0.6) is 0 Å². The minimum absolute atomic E-state index is 0.0748. The van der Waals surface area contributed by atoms with Crippen molar-refractivity contribution in [3.63, 3.8) is 0 Å². The SMILES string of the molecule is Cc1noc(C)c1NC(=O)N[C@H]1C=C[C@H](CC(=O)Nc2ccc(-c3ccccc3)cc2)O[C@H]1CO. The Labute approximate surface area is 203 Å². The largest absolute Gasteiger partial charge is 0.394 e. The number of hydrogen-bond acceptors (Lipinski definition) is 6. The number of amides is 3. The lowest BCUT2D eigenvalue weighted by Crippen LogP contribution is -2.50. The Morgan fingerprint density at radius 1 is 0.971 bits per heavy atom. The summed E-state index contributed by atoms with van der Waals surface area (Å²) in [7, 11) is 0. The first kappa shape index (κ1) is 24.2. The first-order valence-electron chi connectivity index (χ1n) is 11.3. The molecule has 9 heteroatoms. The molecule has 4 rings (SSSR count). The molecule has 0 saturated carbocycles. The molecule has 2 aromatic carbocycles. The number of rotatable bonds is 7. The number of anilines is 2. The Balaban J connectivity index is 1.30. The summed E-state index contributed by atoms with van der Waals surface area (Å²) in [5, 5.41) is 21.9. The van der Waals surface area contributed by atoms with Crippen LogP contribution in [0.4, 0.5) is 16.2 Å². The summed E-state index contributed by atoms with van der Waals surface area (Å²) < 4.78 is 10.9. The fraction of sp³-hybridized carbons (Fsp3) is 0.269. The Kier molecular flexibility index (Phi) is 7.59. The molecule has 0 unspecified atom stereocenters. The van der Waals surface area contributed by atoms with Crippen LogP contribution in [0.15, 0.2) is 71.3 Å². The zero-order chi connectivity index (χ0) is 24.8. The lowest BCUT2D eigenvalue weighted by Gasteiger charge is -2.31. The summed E-state index contributed by atoms with van der Waals surface area (Å²) in [6.07, 6.45) is 2.29. The van der Waals surface area contributed by atoms with Gasteiger partial charge in [0.2, 0.25) is 5.91 Å². The molecule has 182 valence electrons. The lowest BCUT2D eigenvalue weighted by atomic mass is 10.0. The highest BCUT2D eigenvalue weighted by Crippen LogP contribution is 2.22. The van der Waals surface area contributed by atoms with Crippen molar-refractivity contribution in [2.45, 2.75) is 38.5 Å². The minimum Gasteiger partial charge on any atom is -0.394 e. The van der Waals surface area contributed by atoms with E-state index in [1.807, 2.05) is 54.6 Å². The monoisotopic (exact) mass is 476 g/mol. The van der Waals surface area contributed by atoms with Gasteiger partial charge in [-0.25, -0.2) is 4.79 Å². The van der Waals surface area contributed by atoms with Crippen LogP contribution >= 0.6 is 0 Å². The molecule has 3 atom stereocenters. The second-order valence-electron chi connectivity index (χ2n) is 8.30. The molecular formula is C26H28N4O5. The van der Waals surface area contributed by atoms with E-state index < -0.39 is 24.3 Å². The summed E-state index contributed by atoms with van der Waals surface area (Å²) in [4.78, 5) is 24.9.